The molecule has 0 unspecified atom stereocenters. The number of halogens is 1. The van der Waals surface area contributed by atoms with Crippen LogP contribution < -0.4 is 10.2 Å². The fraction of sp³-hybridized carbons (Fsp3) is 0. The fourth-order valence-corrected chi connectivity index (χ4v) is 3.83. The van der Waals surface area contributed by atoms with Gasteiger partial charge in [-0.05, 0) is 54.6 Å². The fourth-order valence-electron chi connectivity index (χ4n) is 3.60. The Morgan fingerprint density at radius 1 is 0.781 bits per heavy atom. The van der Waals surface area contributed by atoms with Crippen LogP contribution in [0.25, 0.3) is 11.3 Å². The lowest BCUT2D eigenvalue weighted by molar-refractivity contribution is 0.0925. The molecular weight excluding hydrogens is 428 g/mol. The van der Waals surface area contributed by atoms with Crippen molar-refractivity contribution < 1.29 is 18.8 Å². The van der Waals surface area contributed by atoms with Gasteiger partial charge in [0, 0.05) is 11.3 Å². The van der Waals surface area contributed by atoms with Gasteiger partial charge in [-0.2, -0.15) is 0 Å². The number of carbonyl (C=O) groups is 3. The van der Waals surface area contributed by atoms with E-state index in [0.717, 1.165) is 4.90 Å². The Labute approximate surface area is 188 Å². The van der Waals surface area contributed by atoms with Crippen LogP contribution in [0.5, 0.6) is 0 Å². The molecule has 0 aliphatic carbocycles. The number of rotatable bonds is 4. The minimum absolute atomic E-state index is 0.103. The molecule has 156 valence electrons. The van der Waals surface area contributed by atoms with Crippen LogP contribution in [0.3, 0.4) is 0 Å². The van der Waals surface area contributed by atoms with Crippen LogP contribution in [0.1, 0.15) is 31.3 Å². The van der Waals surface area contributed by atoms with Gasteiger partial charge in [-0.1, -0.05) is 41.9 Å². The number of nitrogens with zero attached hydrogens (tertiary/aromatic N) is 1. The summed E-state index contributed by atoms with van der Waals surface area (Å²) in [5.41, 5.74) is 2.18. The molecule has 4 aromatic rings. The van der Waals surface area contributed by atoms with Gasteiger partial charge < -0.3 is 9.73 Å². The zero-order valence-corrected chi connectivity index (χ0v) is 17.3. The van der Waals surface area contributed by atoms with Crippen LogP contribution in [0.15, 0.2) is 89.3 Å². The Balaban J connectivity index is 1.37. The molecule has 7 heteroatoms. The van der Waals surface area contributed by atoms with E-state index in [0.29, 0.717) is 38.8 Å². The van der Waals surface area contributed by atoms with Gasteiger partial charge >= 0.3 is 0 Å². The van der Waals surface area contributed by atoms with E-state index in [4.69, 9.17) is 16.0 Å². The first kappa shape index (κ1) is 19.8. The van der Waals surface area contributed by atoms with Crippen LogP contribution in [0.4, 0.5) is 11.4 Å². The number of hydrogen-bond acceptors (Lipinski definition) is 4. The normalized spacial score (nSPS) is 12.7. The van der Waals surface area contributed by atoms with E-state index >= 15 is 0 Å². The first-order valence-electron chi connectivity index (χ1n) is 9.77. The van der Waals surface area contributed by atoms with Crippen molar-refractivity contribution in [3.63, 3.8) is 0 Å². The maximum Gasteiger partial charge on any atom is 0.291 e. The second kappa shape index (κ2) is 7.83. The van der Waals surface area contributed by atoms with Gasteiger partial charge in [0.2, 0.25) is 0 Å². The minimum atomic E-state index is -0.470. The number of imide groups is 1. The van der Waals surface area contributed by atoms with Gasteiger partial charge in [0.25, 0.3) is 17.7 Å². The SMILES string of the molecule is O=C(Nc1cccc(N2C(=O)c3ccccc3C2=O)c1)c1ccc(-c2ccccc2Cl)o1. The second-order valence-electron chi connectivity index (χ2n) is 7.14. The van der Waals surface area contributed by atoms with E-state index in [-0.39, 0.29) is 5.76 Å². The molecular formula is C25H15ClN2O4. The minimum Gasteiger partial charge on any atom is -0.451 e. The van der Waals surface area contributed by atoms with Crippen LogP contribution in [-0.4, -0.2) is 17.7 Å². The van der Waals surface area contributed by atoms with Gasteiger partial charge in [0.05, 0.1) is 21.8 Å². The van der Waals surface area contributed by atoms with E-state index in [2.05, 4.69) is 5.32 Å². The van der Waals surface area contributed by atoms with Crippen LogP contribution in [0.2, 0.25) is 5.02 Å². The quantitative estimate of drug-likeness (QED) is 0.414. The number of hydrogen-bond donors (Lipinski definition) is 1. The number of nitrogens with one attached hydrogen (secondary N) is 1. The molecule has 0 radical (unpaired) electrons. The monoisotopic (exact) mass is 442 g/mol. The van der Waals surface area contributed by atoms with Crippen molar-refractivity contribution in [3.8, 4) is 11.3 Å². The Hall–Kier alpha value is -4.16. The highest BCUT2D eigenvalue weighted by Gasteiger charge is 2.36. The molecule has 0 bridgehead atoms. The van der Waals surface area contributed by atoms with E-state index in [1.54, 1.807) is 72.8 Å². The van der Waals surface area contributed by atoms with Crippen molar-refractivity contribution in [1.29, 1.82) is 0 Å². The van der Waals surface area contributed by atoms with Crippen molar-refractivity contribution >= 4 is 40.7 Å². The zero-order valence-electron chi connectivity index (χ0n) is 16.5. The predicted molar refractivity (Wildman–Crippen MR) is 121 cm³/mol. The molecule has 1 aliphatic heterocycles. The number of furan rings is 1. The number of fused-ring (bicyclic) bond motifs is 1. The molecule has 1 N–H and O–H groups in total. The first-order chi connectivity index (χ1) is 15.5. The van der Waals surface area contributed by atoms with Crippen LogP contribution in [0, 0.1) is 0 Å². The summed E-state index contributed by atoms with van der Waals surface area (Å²) in [6.07, 6.45) is 0. The summed E-state index contributed by atoms with van der Waals surface area (Å²) >= 11 is 6.19. The van der Waals surface area contributed by atoms with Gasteiger partial charge in [0.1, 0.15) is 5.76 Å². The van der Waals surface area contributed by atoms with Crippen molar-refractivity contribution in [3.05, 3.63) is 107 Å². The summed E-state index contributed by atoms with van der Waals surface area (Å²) in [7, 11) is 0. The van der Waals surface area contributed by atoms with Gasteiger partial charge in [-0.15, -0.1) is 0 Å². The number of amides is 3. The highest BCUT2D eigenvalue weighted by molar-refractivity contribution is 6.34. The predicted octanol–water partition coefficient (Wildman–Crippen LogP) is 5.65. The van der Waals surface area contributed by atoms with Gasteiger partial charge in [0.15, 0.2) is 5.76 Å². The molecule has 0 spiro atoms. The summed E-state index contributed by atoms with van der Waals surface area (Å²) in [5.74, 6) is -0.691. The third-order valence-electron chi connectivity index (χ3n) is 5.13. The lowest BCUT2D eigenvalue weighted by atomic mass is 10.1. The van der Waals surface area contributed by atoms with Crippen molar-refractivity contribution in [2.24, 2.45) is 0 Å². The maximum atomic E-state index is 12.7. The van der Waals surface area contributed by atoms with E-state index in [1.165, 1.54) is 0 Å². The lowest BCUT2D eigenvalue weighted by Gasteiger charge is -2.15. The zero-order chi connectivity index (χ0) is 22.2. The molecule has 1 aliphatic rings. The van der Waals surface area contributed by atoms with Gasteiger partial charge in [-0.25, -0.2) is 4.90 Å². The first-order valence-corrected chi connectivity index (χ1v) is 10.1. The lowest BCUT2D eigenvalue weighted by Crippen LogP contribution is -2.29. The van der Waals surface area contributed by atoms with E-state index in [9.17, 15) is 14.4 Å². The average Bonchev–Trinajstić information content (AvgIpc) is 3.38. The van der Waals surface area contributed by atoms with Crippen molar-refractivity contribution in [2.75, 3.05) is 10.2 Å². The average molecular weight is 443 g/mol. The highest BCUT2D eigenvalue weighted by Crippen LogP contribution is 2.31. The summed E-state index contributed by atoms with van der Waals surface area (Å²) in [6, 6.07) is 23.6. The Morgan fingerprint density at radius 3 is 2.12 bits per heavy atom. The van der Waals surface area contributed by atoms with Crippen molar-refractivity contribution in [1.82, 2.24) is 0 Å². The summed E-state index contributed by atoms with van der Waals surface area (Å²) in [5, 5.41) is 3.25. The van der Waals surface area contributed by atoms with E-state index < -0.39 is 17.7 Å². The second-order valence-corrected chi connectivity index (χ2v) is 7.55. The smallest absolute Gasteiger partial charge is 0.291 e. The molecule has 6 nitrogen and oxygen atoms in total. The van der Waals surface area contributed by atoms with Crippen LogP contribution in [-0.2, 0) is 0 Å². The molecule has 0 saturated carbocycles. The molecule has 1 aromatic heterocycles. The topological polar surface area (TPSA) is 79.6 Å². The van der Waals surface area contributed by atoms with Crippen LogP contribution >= 0.6 is 11.6 Å². The van der Waals surface area contributed by atoms with Crippen molar-refractivity contribution in [2.45, 2.75) is 0 Å². The molecule has 5 rings (SSSR count). The molecule has 0 saturated heterocycles. The molecule has 0 atom stereocenters. The summed E-state index contributed by atoms with van der Waals surface area (Å²) < 4.78 is 5.68. The summed E-state index contributed by atoms with van der Waals surface area (Å²) in [4.78, 5) is 39.2. The molecule has 0 fully saturated rings. The molecule has 32 heavy (non-hydrogen) atoms. The molecule has 3 aromatic carbocycles. The number of anilines is 2. The Bertz CT molecular complexity index is 1360. The Kier molecular flexibility index (Phi) is 4.84. The number of carbonyl (C=O) groups excluding carboxylic acids is 3. The maximum absolute atomic E-state index is 12.7. The third kappa shape index (κ3) is 3.36. The van der Waals surface area contributed by atoms with E-state index in [1.807, 2.05) is 12.1 Å². The standard InChI is InChI=1S/C25H15ClN2O4/c26-20-11-4-3-10-19(20)21-12-13-22(32-21)23(29)27-15-6-5-7-16(14-15)28-24(30)17-8-1-2-9-18(17)25(28)31/h1-14H,(H,27,29). The molecule has 3 amide bonds. The third-order valence-corrected chi connectivity index (χ3v) is 5.45. The Morgan fingerprint density at radius 2 is 1.44 bits per heavy atom. The summed E-state index contributed by atoms with van der Waals surface area (Å²) in [6.45, 7) is 0. The number of benzene rings is 3. The molecule has 2 heterocycles. The highest BCUT2D eigenvalue weighted by atomic mass is 35.5. The van der Waals surface area contributed by atoms with Gasteiger partial charge in [-0.3, -0.25) is 14.4 Å². The largest absolute Gasteiger partial charge is 0.451 e.